The minimum absolute atomic E-state index is 0.0495. The van der Waals surface area contributed by atoms with E-state index in [-0.39, 0.29) is 5.91 Å². The molecule has 4 rings (SSSR count). The molecule has 0 saturated carbocycles. The minimum atomic E-state index is -0.0495. The molecule has 0 bridgehead atoms. The van der Waals surface area contributed by atoms with E-state index >= 15 is 0 Å². The number of fused-ring (bicyclic) bond motifs is 2. The second-order valence-corrected chi connectivity index (χ2v) is 6.20. The number of thiophene rings is 1. The largest absolute Gasteiger partial charge is 0.344 e. The van der Waals surface area contributed by atoms with Crippen LogP contribution in [0.5, 0.6) is 0 Å². The van der Waals surface area contributed by atoms with Crippen LogP contribution in [-0.2, 0) is 19.5 Å². The fourth-order valence-electron chi connectivity index (χ4n) is 2.68. The van der Waals surface area contributed by atoms with E-state index in [4.69, 9.17) is 0 Å². The molecule has 0 spiro atoms. The number of rotatable bonds is 3. The first-order valence-electron chi connectivity index (χ1n) is 6.99. The SMILES string of the molecule is O=C(NCc1nnc2n1CCC2)c1cc2ccccc2s1. The zero-order valence-electron chi connectivity index (χ0n) is 11.4. The first-order chi connectivity index (χ1) is 10.3. The van der Waals surface area contributed by atoms with Gasteiger partial charge in [0, 0.05) is 17.7 Å². The summed E-state index contributed by atoms with van der Waals surface area (Å²) in [5.74, 6) is 1.82. The van der Waals surface area contributed by atoms with E-state index in [1.165, 1.54) is 11.3 Å². The molecule has 1 amide bonds. The van der Waals surface area contributed by atoms with Crippen LogP contribution in [-0.4, -0.2) is 20.7 Å². The standard InChI is InChI=1S/C15H14N4OS/c20-15(12-8-10-4-1-2-5-11(10)21-12)16-9-14-18-17-13-6-3-7-19(13)14/h1-2,4-5,8H,3,6-7,9H2,(H,16,20). The molecule has 2 aromatic heterocycles. The second kappa shape index (κ2) is 4.96. The van der Waals surface area contributed by atoms with E-state index in [0.717, 1.165) is 46.0 Å². The van der Waals surface area contributed by atoms with Gasteiger partial charge in [-0.1, -0.05) is 18.2 Å². The highest BCUT2D eigenvalue weighted by atomic mass is 32.1. The van der Waals surface area contributed by atoms with Gasteiger partial charge in [-0.25, -0.2) is 0 Å². The zero-order chi connectivity index (χ0) is 14.2. The molecule has 106 valence electrons. The van der Waals surface area contributed by atoms with Crippen LogP contribution in [0.3, 0.4) is 0 Å². The maximum absolute atomic E-state index is 12.3. The van der Waals surface area contributed by atoms with E-state index in [9.17, 15) is 4.79 Å². The molecule has 0 fully saturated rings. The van der Waals surface area contributed by atoms with Gasteiger partial charge in [-0.15, -0.1) is 21.5 Å². The summed E-state index contributed by atoms with van der Waals surface area (Å²) in [5, 5.41) is 12.3. The number of aryl methyl sites for hydroxylation is 1. The third-order valence-corrected chi connectivity index (χ3v) is 4.86. The van der Waals surface area contributed by atoms with Crippen molar-refractivity contribution in [3.63, 3.8) is 0 Å². The van der Waals surface area contributed by atoms with Crippen LogP contribution in [0.15, 0.2) is 30.3 Å². The number of carbonyl (C=O) groups is 1. The summed E-state index contributed by atoms with van der Waals surface area (Å²) in [5.41, 5.74) is 0. The third kappa shape index (κ3) is 2.21. The monoisotopic (exact) mass is 298 g/mol. The molecule has 0 atom stereocenters. The fraction of sp³-hybridized carbons (Fsp3) is 0.267. The lowest BCUT2D eigenvalue weighted by Crippen LogP contribution is -2.23. The molecule has 1 N–H and O–H groups in total. The van der Waals surface area contributed by atoms with Gasteiger partial charge >= 0.3 is 0 Å². The lowest BCUT2D eigenvalue weighted by molar-refractivity contribution is 0.0953. The van der Waals surface area contributed by atoms with Crippen LogP contribution in [0.25, 0.3) is 10.1 Å². The van der Waals surface area contributed by atoms with E-state index in [1.54, 1.807) is 0 Å². The minimum Gasteiger partial charge on any atom is -0.344 e. The highest BCUT2D eigenvalue weighted by Gasteiger charge is 2.18. The van der Waals surface area contributed by atoms with Crippen LogP contribution in [0.1, 0.15) is 27.7 Å². The number of hydrogen-bond donors (Lipinski definition) is 1. The average molecular weight is 298 g/mol. The second-order valence-electron chi connectivity index (χ2n) is 5.12. The molecule has 0 unspecified atom stereocenters. The molecule has 3 heterocycles. The van der Waals surface area contributed by atoms with Gasteiger partial charge in [0.25, 0.3) is 5.91 Å². The summed E-state index contributed by atoms with van der Waals surface area (Å²) in [6.07, 6.45) is 2.10. The van der Waals surface area contributed by atoms with Gasteiger partial charge in [0.2, 0.25) is 0 Å². The Balaban J connectivity index is 1.50. The van der Waals surface area contributed by atoms with Crippen LogP contribution < -0.4 is 5.32 Å². The molecule has 0 radical (unpaired) electrons. The van der Waals surface area contributed by atoms with Gasteiger partial charge in [-0.05, 0) is 23.9 Å². The Bertz CT molecular complexity index is 787. The predicted octanol–water partition coefficient (Wildman–Crippen LogP) is 2.37. The Kier molecular flexibility index (Phi) is 2.96. The van der Waals surface area contributed by atoms with Crippen molar-refractivity contribution in [2.24, 2.45) is 0 Å². The molecular formula is C15H14N4OS. The normalized spacial score (nSPS) is 13.5. The summed E-state index contributed by atoms with van der Waals surface area (Å²) in [6, 6.07) is 9.95. The van der Waals surface area contributed by atoms with Gasteiger partial charge in [0.1, 0.15) is 5.82 Å². The Hall–Kier alpha value is -2.21. The topological polar surface area (TPSA) is 59.8 Å². The number of benzene rings is 1. The van der Waals surface area contributed by atoms with Crippen molar-refractivity contribution in [3.05, 3.63) is 46.9 Å². The van der Waals surface area contributed by atoms with Crippen LogP contribution in [0.4, 0.5) is 0 Å². The lowest BCUT2D eigenvalue weighted by Gasteiger charge is -2.04. The third-order valence-electron chi connectivity index (χ3n) is 3.74. The molecule has 0 saturated heterocycles. The highest BCUT2D eigenvalue weighted by Crippen LogP contribution is 2.25. The first-order valence-corrected chi connectivity index (χ1v) is 7.80. The maximum Gasteiger partial charge on any atom is 0.261 e. The van der Waals surface area contributed by atoms with Crippen molar-refractivity contribution >= 4 is 27.3 Å². The van der Waals surface area contributed by atoms with Gasteiger partial charge in [-0.2, -0.15) is 0 Å². The van der Waals surface area contributed by atoms with Crippen molar-refractivity contribution in [2.75, 3.05) is 0 Å². The Morgan fingerprint density at radius 3 is 3.14 bits per heavy atom. The van der Waals surface area contributed by atoms with E-state index in [1.807, 2.05) is 30.3 Å². The molecule has 1 aliphatic rings. The highest BCUT2D eigenvalue weighted by molar-refractivity contribution is 7.20. The number of nitrogens with zero attached hydrogens (tertiary/aromatic N) is 3. The van der Waals surface area contributed by atoms with Crippen LogP contribution in [0.2, 0.25) is 0 Å². The van der Waals surface area contributed by atoms with Crippen LogP contribution >= 0.6 is 11.3 Å². The molecule has 1 aromatic carbocycles. The molecule has 3 aromatic rings. The first kappa shape index (κ1) is 12.5. The fourth-order valence-corrected chi connectivity index (χ4v) is 3.66. The molecule has 6 heteroatoms. The number of amides is 1. The van der Waals surface area contributed by atoms with E-state index in [2.05, 4.69) is 20.1 Å². The summed E-state index contributed by atoms with van der Waals surface area (Å²) in [6.45, 7) is 1.39. The summed E-state index contributed by atoms with van der Waals surface area (Å²) < 4.78 is 3.23. The molecule has 5 nitrogen and oxygen atoms in total. The molecule has 0 aliphatic carbocycles. The summed E-state index contributed by atoms with van der Waals surface area (Å²) in [4.78, 5) is 13.0. The van der Waals surface area contributed by atoms with Crippen molar-refractivity contribution in [1.82, 2.24) is 20.1 Å². The number of nitrogens with one attached hydrogen (secondary N) is 1. The van der Waals surface area contributed by atoms with Crippen molar-refractivity contribution in [2.45, 2.75) is 25.9 Å². The summed E-state index contributed by atoms with van der Waals surface area (Å²) >= 11 is 1.51. The van der Waals surface area contributed by atoms with Gasteiger partial charge in [-0.3, -0.25) is 4.79 Å². The van der Waals surface area contributed by atoms with E-state index in [0.29, 0.717) is 6.54 Å². The van der Waals surface area contributed by atoms with Gasteiger partial charge in [0.05, 0.1) is 11.4 Å². The Labute approximate surface area is 125 Å². The van der Waals surface area contributed by atoms with Crippen molar-refractivity contribution in [3.8, 4) is 0 Å². The predicted molar refractivity (Wildman–Crippen MR) is 81.3 cm³/mol. The Morgan fingerprint density at radius 1 is 1.33 bits per heavy atom. The number of aromatic nitrogens is 3. The zero-order valence-corrected chi connectivity index (χ0v) is 12.2. The quantitative estimate of drug-likeness (QED) is 0.807. The smallest absolute Gasteiger partial charge is 0.261 e. The summed E-state index contributed by atoms with van der Waals surface area (Å²) in [7, 11) is 0. The average Bonchev–Trinajstić information content (AvgIpc) is 3.19. The van der Waals surface area contributed by atoms with Crippen molar-refractivity contribution in [1.29, 1.82) is 0 Å². The maximum atomic E-state index is 12.3. The molecule has 1 aliphatic heterocycles. The van der Waals surface area contributed by atoms with Crippen molar-refractivity contribution < 1.29 is 4.79 Å². The molecule has 21 heavy (non-hydrogen) atoms. The Morgan fingerprint density at radius 2 is 2.24 bits per heavy atom. The molecular weight excluding hydrogens is 284 g/mol. The van der Waals surface area contributed by atoms with Crippen LogP contribution in [0, 0.1) is 0 Å². The van der Waals surface area contributed by atoms with E-state index < -0.39 is 0 Å². The lowest BCUT2D eigenvalue weighted by atomic mass is 10.2. The number of hydrogen-bond acceptors (Lipinski definition) is 4. The van der Waals surface area contributed by atoms with Gasteiger partial charge < -0.3 is 9.88 Å². The van der Waals surface area contributed by atoms with Gasteiger partial charge in [0.15, 0.2) is 5.82 Å². The number of carbonyl (C=O) groups excluding carboxylic acids is 1.